The quantitative estimate of drug-likeness (QED) is 0.196. The number of aromatic nitrogens is 1. The maximum Gasteiger partial charge on any atom is 0.352 e. The van der Waals surface area contributed by atoms with E-state index in [0.717, 1.165) is 21.8 Å². The zero-order valence-corrected chi connectivity index (χ0v) is 19.6. The molecule has 0 saturated carbocycles. The van der Waals surface area contributed by atoms with Crippen molar-refractivity contribution >= 4 is 57.4 Å². The van der Waals surface area contributed by atoms with Gasteiger partial charge in [-0.3, -0.25) is 24.6 Å². The van der Waals surface area contributed by atoms with Crippen LogP contribution in [-0.2, 0) is 25.6 Å². The van der Waals surface area contributed by atoms with Gasteiger partial charge >= 0.3 is 5.97 Å². The minimum absolute atomic E-state index is 0.0549. The molecule has 2 aliphatic rings. The van der Waals surface area contributed by atoms with Crippen LogP contribution in [-0.4, -0.2) is 67.2 Å². The van der Waals surface area contributed by atoms with E-state index in [4.69, 9.17) is 10.6 Å². The van der Waals surface area contributed by atoms with Gasteiger partial charge in [0, 0.05) is 22.8 Å². The smallest absolute Gasteiger partial charge is 0.352 e. The Labute approximate surface area is 205 Å². The van der Waals surface area contributed by atoms with Crippen LogP contribution in [0.3, 0.4) is 0 Å². The van der Waals surface area contributed by atoms with Gasteiger partial charge in [-0.1, -0.05) is 17.3 Å². The maximum absolute atomic E-state index is 12.9. The number of thiazole rings is 1. The molecule has 13 nitrogen and oxygen atoms in total. The van der Waals surface area contributed by atoms with E-state index >= 15 is 0 Å². The number of hydrogen-bond acceptors (Lipinski definition) is 11. The summed E-state index contributed by atoms with van der Waals surface area (Å²) in [5, 5.41) is 27.5. The fraction of sp³-hybridized carbons (Fsp3) is 0.250. The van der Waals surface area contributed by atoms with Gasteiger partial charge in [0.2, 0.25) is 0 Å². The molecule has 0 bridgehead atoms. The van der Waals surface area contributed by atoms with Crippen molar-refractivity contribution in [2.45, 2.75) is 23.1 Å². The van der Waals surface area contributed by atoms with Gasteiger partial charge in [-0.25, -0.2) is 9.78 Å². The monoisotopic (exact) mass is 518 g/mol. The van der Waals surface area contributed by atoms with Crippen molar-refractivity contribution in [1.29, 1.82) is 0 Å². The Kier molecular flexibility index (Phi) is 6.70. The highest BCUT2D eigenvalue weighted by Gasteiger charge is 2.54. The predicted octanol–water partition coefficient (Wildman–Crippen LogP) is 0.964. The normalized spacial score (nSPS) is 21.5. The first kappa shape index (κ1) is 24.2. The lowest BCUT2D eigenvalue weighted by Crippen LogP contribution is -2.71. The first-order chi connectivity index (χ1) is 16.7. The zero-order chi connectivity index (χ0) is 25.3. The molecule has 2 aliphatic heterocycles. The lowest BCUT2D eigenvalue weighted by atomic mass is 10.0. The number of carboxylic acids is 1. The molecule has 1 saturated heterocycles. The average Bonchev–Trinajstić information content (AvgIpc) is 3.26. The highest BCUT2D eigenvalue weighted by Crippen LogP contribution is 2.42. The van der Waals surface area contributed by atoms with Crippen LogP contribution in [0, 0.1) is 10.1 Å². The van der Waals surface area contributed by atoms with E-state index in [1.165, 1.54) is 42.5 Å². The van der Waals surface area contributed by atoms with Crippen LogP contribution in [0.1, 0.15) is 11.3 Å². The van der Waals surface area contributed by atoms with E-state index in [2.05, 4.69) is 15.5 Å². The summed E-state index contributed by atoms with van der Waals surface area (Å²) in [5.41, 5.74) is 6.14. The molecule has 3 heterocycles. The summed E-state index contributed by atoms with van der Waals surface area (Å²) in [6, 6.07) is 4.92. The van der Waals surface area contributed by atoms with Crippen molar-refractivity contribution in [3.05, 3.63) is 62.8 Å². The molecule has 3 atom stereocenters. The fourth-order valence-electron chi connectivity index (χ4n) is 3.64. The second-order valence-electron chi connectivity index (χ2n) is 7.40. The minimum atomic E-state index is -1.28. The Morgan fingerprint density at radius 1 is 1.37 bits per heavy atom. The van der Waals surface area contributed by atoms with Crippen molar-refractivity contribution in [1.82, 2.24) is 15.2 Å². The number of nitrogen functional groups attached to an aromatic ring is 1. The molecule has 4 rings (SSSR count). The van der Waals surface area contributed by atoms with Crippen LogP contribution >= 0.6 is 23.1 Å². The van der Waals surface area contributed by atoms with Crippen LogP contribution < -0.4 is 11.1 Å². The van der Waals surface area contributed by atoms with E-state index in [9.17, 15) is 29.6 Å². The topological polar surface area (TPSA) is 190 Å². The number of benzene rings is 1. The first-order valence-corrected chi connectivity index (χ1v) is 11.8. The molecule has 0 aliphatic carbocycles. The van der Waals surface area contributed by atoms with Gasteiger partial charge in [0.25, 0.3) is 17.5 Å². The fourth-order valence-corrected chi connectivity index (χ4v) is 5.72. The number of thioether (sulfide) groups is 1. The van der Waals surface area contributed by atoms with E-state index < -0.39 is 34.1 Å². The van der Waals surface area contributed by atoms with Gasteiger partial charge in [-0.05, 0) is 18.1 Å². The summed E-state index contributed by atoms with van der Waals surface area (Å²) in [6.07, 6.45) is 1.84. The highest BCUT2D eigenvalue weighted by molar-refractivity contribution is 8.00. The number of aliphatic carboxylic acids is 1. The van der Waals surface area contributed by atoms with Crippen LogP contribution in [0.25, 0.3) is 0 Å². The van der Waals surface area contributed by atoms with Gasteiger partial charge in [0.1, 0.15) is 29.9 Å². The lowest BCUT2D eigenvalue weighted by Gasteiger charge is -2.49. The number of non-ortho nitro benzene ring substituents is 1. The van der Waals surface area contributed by atoms with E-state index in [1.54, 1.807) is 12.1 Å². The third-order valence-corrected chi connectivity index (χ3v) is 7.30. The van der Waals surface area contributed by atoms with Gasteiger partial charge in [0.05, 0.1) is 4.92 Å². The standard InChI is InChI=1S/C20H18N6O7S2/c1-33-24-14(12-8-34-20(21)22-12)16(27)23-15-17(28)25-13(19(29)30)7-11(35-18(15)25)6-9-2-4-10(5-3-9)26(31)32/h2-5,7-8,11,15,18H,6H2,1H3,(H2,21,22)(H,23,27)(H,29,30)/t11?,15?,18-/m1/s1. The van der Waals surface area contributed by atoms with Gasteiger partial charge in [0.15, 0.2) is 10.8 Å². The number of nitrogens with two attached hydrogens (primary N) is 1. The SMILES string of the molecule is CON=C(C(=O)NC1C(=O)N2C(C(=O)O)=CC(Cc3ccc([N+](=O)[O-])cc3)S[C@H]12)c1csc(N)n1. The largest absolute Gasteiger partial charge is 0.477 e. The number of nitrogens with zero attached hydrogens (tertiary/aromatic N) is 4. The Bertz CT molecular complexity index is 1260. The summed E-state index contributed by atoms with van der Waals surface area (Å²) in [4.78, 5) is 57.7. The Morgan fingerprint density at radius 2 is 2.09 bits per heavy atom. The van der Waals surface area contributed by atoms with Crippen LogP contribution in [0.2, 0.25) is 0 Å². The second-order valence-corrected chi connectivity index (χ2v) is 9.65. The number of amides is 2. The molecule has 1 aromatic heterocycles. The van der Waals surface area contributed by atoms with E-state index in [-0.39, 0.29) is 33.2 Å². The number of rotatable bonds is 8. The molecule has 15 heteroatoms. The number of carbonyl (C=O) groups is 3. The van der Waals surface area contributed by atoms with Crippen molar-refractivity contribution in [2.75, 3.05) is 12.8 Å². The number of hydrogen-bond donors (Lipinski definition) is 3. The van der Waals surface area contributed by atoms with Gasteiger partial charge in [-0.15, -0.1) is 23.1 Å². The lowest BCUT2D eigenvalue weighted by molar-refractivity contribution is -0.384. The van der Waals surface area contributed by atoms with Crippen molar-refractivity contribution in [3.63, 3.8) is 0 Å². The summed E-state index contributed by atoms with van der Waals surface area (Å²) in [5.74, 6) is -2.58. The number of fused-ring (bicyclic) bond motifs is 1. The van der Waals surface area contributed by atoms with Gasteiger partial charge < -0.3 is 21.0 Å². The second kappa shape index (κ2) is 9.71. The molecule has 2 aromatic rings. The molecule has 4 N–H and O–H groups in total. The molecule has 35 heavy (non-hydrogen) atoms. The molecular weight excluding hydrogens is 500 g/mol. The first-order valence-electron chi connectivity index (χ1n) is 10.00. The van der Waals surface area contributed by atoms with Crippen LogP contribution in [0.5, 0.6) is 0 Å². The highest BCUT2D eigenvalue weighted by atomic mass is 32.2. The third kappa shape index (κ3) is 4.81. The van der Waals surface area contributed by atoms with Gasteiger partial charge in [-0.2, -0.15) is 0 Å². The molecule has 1 aromatic carbocycles. The number of nitro groups is 1. The summed E-state index contributed by atoms with van der Waals surface area (Å²) >= 11 is 2.40. The van der Waals surface area contributed by atoms with Crippen molar-refractivity contribution < 1.29 is 29.3 Å². The number of oxime groups is 1. The molecule has 0 spiro atoms. The predicted molar refractivity (Wildman–Crippen MR) is 127 cm³/mol. The number of β-lactam (4-membered cyclic amide) rings is 1. The van der Waals surface area contributed by atoms with Crippen molar-refractivity contribution in [3.8, 4) is 0 Å². The number of nitro benzene ring substituents is 1. The molecule has 182 valence electrons. The third-order valence-electron chi connectivity index (χ3n) is 5.21. The van der Waals surface area contributed by atoms with Crippen LogP contribution in [0.4, 0.5) is 10.8 Å². The Hall–Kier alpha value is -3.98. The molecule has 0 radical (unpaired) electrons. The minimum Gasteiger partial charge on any atom is -0.477 e. The number of anilines is 1. The molecular formula is C20H18N6O7S2. The zero-order valence-electron chi connectivity index (χ0n) is 18.0. The maximum atomic E-state index is 12.9. The van der Waals surface area contributed by atoms with Crippen molar-refractivity contribution in [2.24, 2.45) is 5.16 Å². The Balaban J connectivity index is 1.52. The molecule has 2 amide bonds. The summed E-state index contributed by atoms with van der Waals surface area (Å²) < 4.78 is 0. The average molecular weight is 519 g/mol. The number of carboxylic acid groups (broad SMARTS) is 1. The molecule has 2 unspecified atom stereocenters. The Morgan fingerprint density at radius 3 is 2.66 bits per heavy atom. The van der Waals surface area contributed by atoms with E-state index in [0.29, 0.717) is 6.42 Å². The van der Waals surface area contributed by atoms with Crippen LogP contribution in [0.15, 0.2) is 46.6 Å². The number of nitrogens with one attached hydrogen (secondary N) is 1. The summed E-state index contributed by atoms with van der Waals surface area (Å²) in [6.45, 7) is 0. The molecule has 1 fully saturated rings. The number of carbonyl (C=O) groups excluding carboxylic acids is 2. The van der Waals surface area contributed by atoms with E-state index in [1.807, 2.05) is 0 Å². The summed E-state index contributed by atoms with van der Waals surface area (Å²) in [7, 11) is 1.25.